The van der Waals surface area contributed by atoms with Crippen LogP contribution in [-0.2, 0) is 0 Å². The van der Waals surface area contributed by atoms with Gasteiger partial charge < -0.3 is 5.73 Å². The van der Waals surface area contributed by atoms with Crippen LogP contribution >= 0.6 is 22.6 Å². The Morgan fingerprint density at radius 2 is 1.79 bits per heavy atom. The van der Waals surface area contributed by atoms with Crippen molar-refractivity contribution in [2.45, 2.75) is 25.2 Å². The van der Waals surface area contributed by atoms with Gasteiger partial charge in [-0.1, -0.05) is 18.2 Å². The van der Waals surface area contributed by atoms with Crippen molar-refractivity contribution in [2.75, 3.05) is 0 Å². The molecule has 5 heteroatoms. The molecule has 1 aromatic carbocycles. The average molecular weight is 426 g/mol. The van der Waals surface area contributed by atoms with Gasteiger partial charge in [-0.15, -0.1) is 0 Å². The second-order valence-corrected chi connectivity index (χ2v) is 7.40. The lowest BCUT2D eigenvalue weighted by molar-refractivity contribution is 0.317. The Morgan fingerprint density at radius 3 is 2.38 bits per heavy atom. The smallest absolute Gasteiger partial charge is 0.191 e. The molecule has 0 heterocycles. The fourth-order valence-corrected chi connectivity index (χ4v) is 4.28. The monoisotopic (exact) mass is 426 g/mol. The minimum Gasteiger partial charge on any atom is -0.399 e. The van der Waals surface area contributed by atoms with Crippen LogP contribution in [0.25, 0.3) is 0 Å². The van der Waals surface area contributed by atoms with Gasteiger partial charge in [0.1, 0.15) is 6.07 Å². The molecule has 0 bridgehead atoms. The summed E-state index contributed by atoms with van der Waals surface area (Å²) in [5.74, 6) is -0.381. The van der Waals surface area contributed by atoms with Gasteiger partial charge in [0.2, 0.25) is 0 Å². The van der Waals surface area contributed by atoms with Crippen molar-refractivity contribution < 1.29 is 0 Å². The summed E-state index contributed by atoms with van der Waals surface area (Å²) in [7, 11) is 0. The lowest BCUT2D eigenvalue weighted by atomic mass is 9.57. The maximum absolute atomic E-state index is 9.88. The third-order valence-electron chi connectivity index (χ3n) is 5.03. The quantitative estimate of drug-likeness (QED) is 0.689. The SMILES string of the molecule is N#CC1=C(N)C(C#N)(C#N)C(c2ccc(I)cc2)C2CCCC=C12. The Morgan fingerprint density at radius 1 is 1.12 bits per heavy atom. The van der Waals surface area contributed by atoms with E-state index < -0.39 is 5.41 Å². The molecular formula is C19H15IN4. The van der Waals surface area contributed by atoms with Crippen LogP contribution in [0.2, 0.25) is 0 Å². The first-order valence-corrected chi connectivity index (χ1v) is 8.85. The maximum atomic E-state index is 9.88. The number of rotatable bonds is 1. The predicted molar refractivity (Wildman–Crippen MR) is 97.8 cm³/mol. The third-order valence-corrected chi connectivity index (χ3v) is 5.75. The maximum Gasteiger partial charge on any atom is 0.191 e. The van der Waals surface area contributed by atoms with Crippen LogP contribution in [0.3, 0.4) is 0 Å². The van der Waals surface area contributed by atoms with Crippen LogP contribution in [0.1, 0.15) is 30.7 Å². The largest absolute Gasteiger partial charge is 0.399 e. The number of halogens is 1. The van der Waals surface area contributed by atoms with Gasteiger partial charge in [-0.2, -0.15) is 15.8 Å². The van der Waals surface area contributed by atoms with Gasteiger partial charge in [-0.05, 0) is 71.0 Å². The molecule has 0 spiro atoms. The molecule has 3 rings (SSSR count). The average Bonchev–Trinajstić information content (AvgIpc) is 2.62. The Kier molecular flexibility index (Phi) is 4.35. The number of hydrogen-bond donors (Lipinski definition) is 1. The third kappa shape index (κ3) is 2.30. The van der Waals surface area contributed by atoms with E-state index in [0.29, 0.717) is 5.57 Å². The first-order valence-electron chi connectivity index (χ1n) is 7.77. The van der Waals surface area contributed by atoms with Crippen molar-refractivity contribution in [3.8, 4) is 18.2 Å². The molecule has 0 saturated carbocycles. The minimum absolute atomic E-state index is 0.0277. The van der Waals surface area contributed by atoms with Crippen LogP contribution in [0.4, 0.5) is 0 Å². The molecular weight excluding hydrogens is 411 g/mol. The predicted octanol–water partition coefficient (Wildman–Crippen LogP) is 3.88. The zero-order valence-electron chi connectivity index (χ0n) is 13.0. The summed E-state index contributed by atoms with van der Waals surface area (Å²) in [5.41, 5.74) is 6.98. The van der Waals surface area contributed by atoms with E-state index in [2.05, 4.69) is 46.9 Å². The number of benzene rings is 1. The van der Waals surface area contributed by atoms with Crippen molar-refractivity contribution in [3.63, 3.8) is 0 Å². The van der Waals surface area contributed by atoms with Gasteiger partial charge in [0, 0.05) is 9.49 Å². The molecule has 0 aliphatic heterocycles. The molecule has 2 atom stereocenters. The summed E-state index contributed by atoms with van der Waals surface area (Å²) >= 11 is 2.23. The van der Waals surface area contributed by atoms with E-state index in [1.807, 2.05) is 24.3 Å². The van der Waals surface area contributed by atoms with Crippen LogP contribution in [0.5, 0.6) is 0 Å². The van der Waals surface area contributed by atoms with E-state index in [9.17, 15) is 15.8 Å². The van der Waals surface area contributed by atoms with Crippen molar-refractivity contribution in [3.05, 3.63) is 56.3 Å². The van der Waals surface area contributed by atoms with Crippen molar-refractivity contribution >= 4 is 22.6 Å². The molecule has 2 unspecified atom stereocenters. The van der Waals surface area contributed by atoms with Crippen LogP contribution < -0.4 is 5.73 Å². The fraction of sp³-hybridized carbons (Fsp3) is 0.316. The molecule has 118 valence electrons. The van der Waals surface area contributed by atoms with Crippen LogP contribution in [-0.4, -0.2) is 0 Å². The summed E-state index contributed by atoms with van der Waals surface area (Å²) in [4.78, 5) is 0. The molecule has 0 fully saturated rings. The van der Waals surface area contributed by atoms with E-state index in [1.165, 1.54) is 0 Å². The van der Waals surface area contributed by atoms with E-state index in [0.717, 1.165) is 34.0 Å². The second-order valence-electron chi connectivity index (χ2n) is 6.16. The summed E-state index contributed by atoms with van der Waals surface area (Å²) in [6.07, 6.45) is 4.79. The van der Waals surface area contributed by atoms with Crippen LogP contribution in [0, 0.1) is 48.9 Å². The van der Waals surface area contributed by atoms with Gasteiger partial charge in [0.25, 0.3) is 0 Å². The lowest BCUT2D eigenvalue weighted by Crippen LogP contribution is -2.42. The summed E-state index contributed by atoms with van der Waals surface area (Å²) < 4.78 is 1.09. The zero-order valence-corrected chi connectivity index (χ0v) is 15.1. The molecule has 1 aromatic rings. The standard InChI is InChI=1S/C19H15IN4/c20-13-7-5-12(6-8-13)17-15-4-2-1-3-14(15)16(9-21)18(24)19(17,10-22)11-23/h3,5-8,15,17H,1-2,4,24H2. The fourth-order valence-electron chi connectivity index (χ4n) is 3.92. The Hall–Kier alpha value is -2.30. The first-order chi connectivity index (χ1) is 11.6. The topological polar surface area (TPSA) is 97.4 Å². The van der Waals surface area contributed by atoms with Gasteiger partial charge in [-0.25, -0.2) is 0 Å². The van der Waals surface area contributed by atoms with E-state index in [-0.39, 0.29) is 17.5 Å². The van der Waals surface area contributed by atoms with Crippen LogP contribution in [0.15, 0.2) is 47.2 Å². The number of nitrogens with two attached hydrogens (primary N) is 1. The highest BCUT2D eigenvalue weighted by molar-refractivity contribution is 14.1. The Labute approximate surface area is 155 Å². The summed E-state index contributed by atoms with van der Waals surface area (Å²) in [6.45, 7) is 0. The summed E-state index contributed by atoms with van der Waals surface area (Å²) in [5, 5.41) is 29.3. The van der Waals surface area contributed by atoms with Crippen molar-refractivity contribution in [2.24, 2.45) is 17.1 Å². The molecule has 4 nitrogen and oxygen atoms in total. The Balaban J connectivity index is 2.31. The zero-order chi connectivity index (χ0) is 17.3. The molecule has 2 aliphatic rings. The van der Waals surface area contributed by atoms with E-state index in [1.54, 1.807) is 0 Å². The molecule has 0 amide bonds. The van der Waals surface area contributed by atoms with Gasteiger partial charge in [0.05, 0.1) is 23.4 Å². The number of nitrogens with zero attached hydrogens (tertiary/aromatic N) is 3. The van der Waals surface area contributed by atoms with Crippen molar-refractivity contribution in [1.82, 2.24) is 0 Å². The molecule has 2 N–H and O–H groups in total. The second kappa shape index (κ2) is 6.30. The van der Waals surface area contributed by atoms with Gasteiger partial charge >= 0.3 is 0 Å². The lowest BCUT2D eigenvalue weighted by Gasteiger charge is -2.43. The molecule has 0 saturated heterocycles. The highest BCUT2D eigenvalue weighted by Gasteiger charge is 2.53. The highest BCUT2D eigenvalue weighted by atomic mass is 127. The molecule has 24 heavy (non-hydrogen) atoms. The molecule has 2 aliphatic carbocycles. The minimum atomic E-state index is -1.50. The molecule has 0 aromatic heterocycles. The highest BCUT2D eigenvalue weighted by Crippen LogP contribution is 2.55. The summed E-state index contributed by atoms with van der Waals surface area (Å²) in [6, 6.07) is 14.3. The number of nitriles is 3. The Bertz CT molecular complexity index is 845. The molecule has 0 radical (unpaired) electrons. The van der Waals surface area contributed by atoms with Gasteiger partial charge in [-0.3, -0.25) is 0 Å². The van der Waals surface area contributed by atoms with E-state index >= 15 is 0 Å². The van der Waals surface area contributed by atoms with E-state index in [4.69, 9.17) is 5.73 Å². The normalized spacial score (nSPS) is 24.8. The first kappa shape index (κ1) is 16.6. The van der Waals surface area contributed by atoms with Gasteiger partial charge in [0.15, 0.2) is 5.41 Å². The number of fused-ring (bicyclic) bond motifs is 1. The number of allylic oxidation sites excluding steroid dienone is 4. The van der Waals surface area contributed by atoms with Crippen molar-refractivity contribution in [1.29, 1.82) is 15.8 Å². The number of hydrogen-bond acceptors (Lipinski definition) is 4.